The molecule has 0 amide bonds. The zero-order valence-electron chi connectivity index (χ0n) is 12.5. The van der Waals surface area contributed by atoms with Crippen LogP contribution in [0.2, 0.25) is 0 Å². The van der Waals surface area contributed by atoms with Gasteiger partial charge in [0, 0.05) is 18.8 Å². The SMILES string of the molecule is Cc1ccccc1N1Cc2ccccc2CN(C)[C@@H]1C. The average molecular weight is 266 g/mol. The summed E-state index contributed by atoms with van der Waals surface area (Å²) in [5.74, 6) is 0. The van der Waals surface area contributed by atoms with E-state index in [0.29, 0.717) is 6.17 Å². The zero-order chi connectivity index (χ0) is 14.1. The van der Waals surface area contributed by atoms with E-state index in [0.717, 1.165) is 13.1 Å². The molecule has 1 heterocycles. The molecule has 2 aromatic rings. The lowest BCUT2D eigenvalue weighted by Crippen LogP contribution is -2.42. The number of benzene rings is 2. The largest absolute Gasteiger partial charge is 0.352 e. The molecule has 1 atom stereocenters. The molecule has 0 saturated carbocycles. The number of fused-ring (bicyclic) bond motifs is 1. The summed E-state index contributed by atoms with van der Waals surface area (Å²) in [6, 6.07) is 17.5. The third-order valence-corrected chi connectivity index (χ3v) is 4.39. The Bertz CT molecular complexity index is 606. The van der Waals surface area contributed by atoms with Crippen LogP contribution in [0.5, 0.6) is 0 Å². The standard InChI is InChI=1S/C18H22N2/c1-14-8-4-7-11-18(14)20-13-17-10-6-5-9-16(17)12-19(3)15(20)2/h4-11,15H,12-13H2,1-3H3/t15-/m0/s1. The number of nitrogens with zero attached hydrogens (tertiary/aromatic N) is 2. The lowest BCUT2D eigenvalue weighted by atomic mass is 10.1. The first-order chi connectivity index (χ1) is 9.66. The minimum atomic E-state index is 0.392. The van der Waals surface area contributed by atoms with E-state index in [2.05, 4.69) is 79.2 Å². The second kappa shape index (κ2) is 5.29. The highest BCUT2D eigenvalue weighted by Crippen LogP contribution is 2.29. The van der Waals surface area contributed by atoms with Crippen molar-refractivity contribution < 1.29 is 0 Å². The molecule has 0 aliphatic carbocycles. The fraction of sp³-hybridized carbons (Fsp3) is 0.333. The topological polar surface area (TPSA) is 6.48 Å². The van der Waals surface area contributed by atoms with Crippen LogP contribution in [0.25, 0.3) is 0 Å². The van der Waals surface area contributed by atoms with Crippen LogP contribution in [0.1, 0.15) is 23.6 Å². The Balaban J connectivity index is 2.04. The number of para-hydroxylation sites is 1. The summed E-state index contributed by atoms with van der Waals surface area (Å²) in [6.07, 6.45) is 0.392. The van der Waals surface area contributed by atoms with Gasteiger partial charge >= 0.3 is 0 Å². The quantitative estimate of drug-likeness (QED) is 0.775. The van der Waals surface area contributed by atoms with Crippen molar-refractivity contribution in [1.82, 2.24) is 4.90 Å². The highest BCUT2D eigenvalue weighted by atomic mass is 15.3. The fourth-order valence-electron chi connectivity index (χ4n) is 2.99. The van der Waals surface area contributed by atoms with Gasteiger partial charge in [0.15, 0.2) is 0 Å². The highest BCUT2D eigenvalue weighted by Gasteiger charge is 2.24. The Labute approximate surface area is 121 Å². The van der Waals surface area contributed by atoms with Crippen molar-refractivity contribution in [2.45, 2.75) is 33.1 Å². The smallest absolute Gasteiger partial charge is 0.0796 e. The maximum absolute atomic E-state index is 2.50. The van der Waals surface area contributed by atoms with Gasteiger partial charge in [0.05, 0.1) is 6.17 Å². The monoisotopic (exact) mass is 266 g/mol. The second-order valence-corrected chi connectivity index (χ2v) is 5.73. The Morgan fingerprint density at radius 1 is 0.900 bits per heavy atom. The molecule has 2 nitrogen and oxygen atoms in total. The van der Waals surface area contributed by atoms with Crippen molar-refractivity contribution in [3.8, 4) is 0 Å². The lowest BCUT2D eigenvalue weighted by molar-refractivity contribution is 0.248. The van der Waals surface area contributed by atoms with E-state index in [-0.39, 0.29) is 0 Å². The van der Waals surface area contributed by atoms with Crippen molar-refractivity contribution in [2.24, 2.45) is 0 Å². The molecule has 0 spiro atoms. The fourth-order valence-corrected chi connectivity index (χ4v) is 2.99. The van der Waals surface area contributed by atoms with Crippen molar-refractivity contribution in [1.29, 1.82) is 0 Å². The summed E-state index contributed by atoms with van der Waals surface area (Å²) >= 11 is 0. The molecule has 0 radical (unpaired) electrons. The summed E-state index contributed by atoms with van der Waals surface area (Å²) < 4.78 is 0. The molecule has 2 heteroatoms. The predicted octanol–water partition coefficient (Wildman–Crippen LogP) is 3.79. The molecule has 2 aromatic carbocycles. The van der Waals surface area contributed by atoms with Crippen LogP contribution in [0.4, 0.5) is 5.69 Å². The molecule has 1 aliphatic rings. The molecule has 0 saturated heterocycles. The van der Waals surface area contributed by atoms with Crippen LogP contribution in [0.3, 0.4) is 0 Å². The number of hydrogen-bond acceptors (Lipinski definition) is 2. The van der Waals surface area contributed by atoms with Crippen LogP contribution in [-0.2, 0) is 13.1 Å². The van der Waals surface area contributed by atoms with Crippen molar-refractivity contribution in [3.63, 3.8) is 0 Å². The maximum Gasteiger partial charge on any atom is 0.0796 e. The van der Waals surface area contributed by atoms with E-state index in [9.17, 15) is 0 Å². The Morgan fingerprint density at radius 2 is 1.50 bits per heavy atom. The number of rotatable bonds is 1. The molecule has 0 fully saturated rings. The molecule has 3 rings (SSSR count). The summed E-state index contributed by atoms with van der Waals surface area (Å²) in [5, 5.41) is 0. The van der Waals surface area contributed by atoms with E-state index < -0.39 is 0 Å². The summed E-state index contributed by atoms with van der Waals surface area (Å²) in [4.78, 5) is 4.92. The van der Waals surface area contributed by atoms with E-state index in [1.54, 1.807) is 0 Å². The molecule has 0 unspecified atom stereocenters. The average Bonchev–Trinajstić information content (AvgIpc) is 2.58. The van der Waals surface area contributed by atoms with Gasteiger partial charge in [-0.05, 0) is 43.7 Å². The van der Waals surface area contributed by atoms with E-state index in [4.69, 9.17) is 0 Å². The minimum Gasteiger partial charge on any atom is -0.352 e. The third kappa shape index (κ3) is 2.32. The van der Waals surface area contributed by atoms with Crippen molar-refractivity contribution >= 4 is 5.69 Å². The Hall–Kier alpha value is -1.80. The van der Waals surface area contributed by atoms with Crippen LogP contribution in [-0.4, -0.2) is 18.1 Å². The molecule has 0 aromatic heterocycles. The second-order valence-electron chi connectivity index (χ2n) is 5.73. The highest BCUT2D eigenvalue weighted by molar-refractivity contribution is 5.54. The maximum atomic E-state index is 2.50. The van der Waals surface area contributed by atoms with E-state index in [1.807, 2.05) is 0 Å². The van der Waals surface area contributed by atoms with Gasteiger partial charge in [0.1, 0.15) is 0 Å². The van der Waals surface area contributed by atoms with Crippen LogP contribution in [0.15, 0.2) is 48.5 Å². The van der Waals surface area contributed by atoms with Gasteiger partial charge in [-0.25, -0.2) is 0 Å². The van der Waals surface area contributed by atoms with Crippen LogP contribution < -0.4 is 4.90 Å². The van der Waals surface area contributed by atoms with Crippen molar-refractivity contribution in [3.05, 3.63) is 65.2 Å². The van der Waals surface area contributed by atoms with E-state index in [1.165, 1.54) is 22.4 Å². The minimum absolute atomic E-state index is 0.392. The summed E-state index contributed by atoms with van der Waals surface area (Å²) in [6.45, 7) is 6.48. The molecular weight excluding hydrogens is 244 g/mol. The van der Waals surface area contributed by atoms with Gasteiger partial charge in [-0.2, -0.15) is 0 Å². The van der Waals surface area contributed by atoms with Gasteiger partial charge in [-0.1, -0.05) is 42.5 Å². The molecule has 1 aliphatic heterocycles. The molecule has 104 valence electrons. The van der Waals surface area contributed by atoms with Crippen LogP contribution in [0, 0.1) is 6.92 Å². The van der Waals surface area contributed by atoms with Gasteiger partial charge < -0.3 is 4.90 Å². The number of anilines is 1. The van der Waals surface area contributed by atoms with Crippen LogP contribution >= 0.6 is 0 Å². The first kappa shape index (κ1) is 13.2. The summed E-state index contributed by atoms with van der Waals surface area (Å²) in [5.41, 5.74) is 5.56. The molecule has 20 heavy (non-hydrogen) atoms. The molecule has 0 bridgehead atoms. The van der Waals surface area contributed by atoms with E-state index >= 15 is 0 Å². The van der Waals surface area contributed by atoms with Gasteiger partial charge in [0.2, 0.25) is 0 Å². The van der Waals surface area contributed by atoms with Gasteiger partial charge in [-0.3, -0.25) is 4.90 Å². The first-order valence-electron chi connectivity index (χ1n) is 7.26. The Kier molecular flexibility index (Phi) is 3.49. The zero-order valence-corrected chi connectivity index (χ0v) is 12.5. The first-order valence-corrected chi connectivity index (χ1v) is 7.26. The normalized spacial score (nSPS) is 19.6. The third-order valence-electron chi connectivity index (χ3n) is 4.39. The van der Waals surface area contributed by atoms with Gasteiger partial charge in [-0.15, -0.1) is 0 Å². The Morgan fingerprint density at radius 3 is 2.20 bits per heavy atom. The predicted molar refractivity (Wildman–Crippen MR) is 84.7 cm³/mol. The molecule has 0 N–H and O–H groups in total. The summed E-state index contributed by atoms with van der Waals surface area (Å²) in [7, 11) is 2.21. The van der Waals surface area contributed by atoms with Gasteiger partial charge in [0.25, 0.3) is 0 Å². The molecular formula is C18H22N2. The number of hydrogen-bond donors (Lipinski definition) is 0. The van der Waals surface area contributed by atoms with Crippen molar-refractivity contribution in [2.75, 3.05) is 11.9 Å². The number of aryl methyl sites for hydroxylation is 1. The lowest BCUT2D eigenvalue weighted by Gasteiger charge is -2.35.